The Bertz CT molecular complexity index is 192. The van der Waals surface area contributed by atoms with Crippen molar-refractivity contribution in [1.82, 2.24) is 0 Å². The third kappa shape index (κ3) is 1.90. The second kappa shape index (κ2) is 5.23. The van der Waals surface area contributed by atoms with Gasteiger partial charge in [0.2, 0.25) is 0 Å². The van der Waals surface area contributed by atoms with Gasteiger partial charge in [0.15, 0.2) is 0 Å². The summed E-state index contributed by atoms with van der Waals surface area (Å²) in [5.41, 5.74) is -0.864. The second-order valence-corrected chi connectivity index (χ2v) is 4.40. The zero-order chi connectivity index (χ0) is 11.5. The molecule has 0 aromatic heterocycles. The molecule has 0 bridgehead atoms. The standard InChI is InChI=1S/C10H20O5/c11-2-7-1-8(3-12)10(5-14,6-15)9(7)4-13/h7-9,11-15H,1-6H2/t7?,8-,9+/m0/s1. The van der Waals surface area contributed by atoms with Gasteiger partial charge in [0.05, 0.1) is 13.2 Å². The van der Waals surface area contributed by atoms with Gasteiger partial charge in [0.25, 0.3) is 0 Å². The summed E-state index contributed by atoms with van der Waals surface area (Å²) in [5, 5.41) is 46.4. The molecule has 0 aromatic carbocycles. The maximum atomic E-state index is 9.37. The summed E-state index contributed by atoms with van der Waals surface area (Å²) < 4.78 is 0. The van der Waals surface area contributed by atoms with E-state index < -0.39 is 5.41 Å². The molecule has 0 spiro atoms. The van der Waals surface area contributed by atoms with Crippen LogP contribution in [0.4, 0.5) is 0 Å². The molecular formula is C10H20O5. The normalized spacial score (nSPS) is 34.6. The molecule has 15 heavy (non-hydrogen) atoms. The highest BCUT2D eigenvalue weighted by molar-refractivity contribution is 5.01. The van der Waals surface area contributed by atoms with Crippen molar-refractivity contribution >= 4 is 0 Å². The molecule has 1 fully saturated rings. The summed E-state index contributed by atoms with van der Waals surface area (Å²) in [4.78, 5) is 0. The maximum Gasteiger partial charge on any atom is 0.0516 e. The Balaban J connectivity index is 2.95. The Morgan fingerprint density at radius 3 is 1.80 bits per heavy atom. The lowest BCUT2D eigenvalue weighted by atomic mass is 9.72. The van der Waals surface area contributed by atoms with Crippen LogP contribution in [0.15, 0.2) is 0 Å². The van der Waals surface area contributed by atoms with Crippen molar-refractivity contribution in [3.63, 3.8) is 0 Å². The van der Waals surface area contributed by atoms with Crippen molar-refractivity contribution in [1.29, 1.82) is 0 Å². The van der Waals surface area contributed by atoms with Crippen LogP contribution in [0, 0.1) is 23.2 Å². The summed E-state index contributed by atoms with van der Waals surface area (Å²) in [5.74, 6) is -0.775. The molecule has 1 saturated carbocycles. The van der Waals surface area contributed by atoms with Crippen LogP contribution in [-0.2, 0) is 0 Å². The molecule has 1 aliphatic rings. The Kier molecular flexibility index (Phi) is 4.48. The number of hydrogen-bond acceptors (Lipinski definition) is 5. The molecule has 1 rings (SSSR count). The highest BCUT2D eigenvalue weighted by Gasteiger charge is 2.53. The van der Waals surface area contributed by atoms with Crippen LogP contribution in [0.1, 0.15) is 6.42 Å². The third-order valence-corrected chi connectivity index (χ3v) is 3.95. The van der Waals surface area contributed by atoms with Gasteiger partial charge in [-0.25, -0.2) is 0 Å². The van der Waals surface area contributed by atoms with Crippen LogP contribution in [0.25, 0.3) is 0 Å². The van der Waals surface area contributed by atoms with Gasteiger partial charge in [0, 0.05) is 25.2 Å². The number of aliphatic hydroxyl groups excluding tert-OH is 5. The van der Waals surface area contributed by atoms with Gasteiger partial charge in [-0.15, -0.1) is 0 Å². The molecule has 0 amide bonds. The fourth-order valence-electron chi connectivity index (χ4n) is 2.87. The van der Waals surface area contributed by atoms with Crippen LogP contribution >= 0.6 is 0 Å². The van der Waals surface area contributed by atoms with Crippen LogP contribution < -0.4 is 0 Å². The minimum atomic E-state index is -0.864. The lowest BCUT2D eigenvalue weighted by Crippen LogP contribution is -2.43. The average molecular weight is 220 g/mol. The first-order chi connectivity index (χ1) is 7.19. The molecule has 0 heterocycles. The third-order valence-electron chi connectivity index (χ3n) is 3.95. The van der Waals surface area contributed by atoms with Gasteiger partial charge in [-0.1, -0.05) is 0 Å². The highest BCUT2D eigenvalue weighted by Crippen LogP contribution is 2.50. The Morgan fingerprint density at radius 1 is 0.867 bits per heavy atom. The maximum absolute atomic E-state index is 9.37. The van der Waals surface area contributed by atoms with Crippen LogP contribution in [0.5, 0.6) is 0 Å². The van der Waals surface area contributed by atoms with E-state index in [2.05, 4.69) is 0 Å². The van der Waals surface area contributed by atoms with E-state index in [1.807, 2.05) is 0 Å². The molecule has 90 valence electrons. The van der Waals surface area contributed by atoms with Gasteiger partial charge in [-0.3, -0.25) is 0 Å². The molecule has 5 N–H and O–H groups in total. The fourth-order valence-corrected chi connectivity index (χ4v) is 2.87. The summed E-state index contributed by atoms with van der Waals surface area (Å²) >= 11 is 0. The quantitative estimate of drug-likeness (QED) is 0.376. The molecule has 0 aromatic rings. The molecular weight excluding hydrogens is 200 g/mol. The largest absolute Gasteiger partial charge is 0.396 e. The smallest absolute Gasteiger partial charge is 0.0516 e. The molecule has 0 aliphatic heterocycles. The number of aliphatic hydroxyl groups is 5. The van der Waals surface area contributed by atoms with Crippen molar-refractivity contribution in [2.75, 3.05) is 33.0 Å². The Morgan fingerprint density at radius 2 is 1.47 bits per heavy atom. The van der Waals surface area contributed by atoms with E-state index in [0.717, 1.165) is 0 Å². The number of hydrogen-bond donors (Lipinski definition) is 5. The van der Waals surface area contributed by atoms with Gasteiger partial charge in [0.1, 0.15) is 0 Å². The lowest BCUT2D eigenvalue weighted by molar-refractivity contribution is -0.0515. The molecule has 1 aliphatic carbocycles. The summed E-state index contributed by atoms with van der Waals surface area (Å²) in [7, 11) is 0. The first kappa shape index (κ1) is 12.9. The van der Waals surface area contributed by atoms with E-state index in [1.54, 1.807) is 0 Å². The van der Waals surface area contributed by atoms with Crippen LogP contribution in [0.2, 0.25) is 0 Å². The minimum Gasteiger partial charge on any atom is -0.396 e. The van der Waals surface area contributed by atoms with Crippen molar-refractivity contribution in [3.8, 4) is 0 Å². The Hall–Kier alpha value is -0.200. The van der Waals surface area contributed by atoms with Gasteiger partial charge >= 0.3 is 0 Å². The van der Waals surface area contributed by atoms with Crippen molar-refractivity contribution in [2.45, 2.75) is 6.42 Å². The second-order valence-electron chi connectivity index (χ2n) is 4.40. The topological polar surface area (TPSA) is 101 Å². The van der Waals surface area contributed by atoms with Crippen LogP contribution in [-0.4, -0.2) is 58.6 Å². The summed E-state index contributed by atoms with van der Waals surface area (Å²) in [6, 6.07) is 0. The average Bonchev–Trinajstić information content (AvgIpc) is 2.61. The molecule has 1 unspecified atom stereocenters. The molecule has 5 heteroatoms. The van der Waals surface area contributed by atoms with Gasteiger partial charge in [-0.2, -0.15) is 0 Å². The monoisotopic (exact) mass is 220 g/mol. The zero-order valence-corrected chi connectivity index (χ0v) is 8.71. The van der Waals surface area contributed by atoms with Gasteiger partial charge < -0.3 is 25.5 Å². The van der Waals surface area contributed by atoms with Crippen molar-refractivity contribution in [3.05, 3.63) is 0 Å². The van der Waals surface area contributed by atoms with E-state index in [0.29, 0.717) is 6.42 Å². The SMILES string of the molecule is OCC1C[C@@H](CO)C(CO)(CO)[C@@H]1CO. The summed E-state index contributed by atoms with van der Waals surface area (Å²) in [6.07, 6.45) is 0.527. The molecule has 3 atom stereocenters. The highest BCUT2D eigenvalue weighted by atomic mass is 16.3. The fraction of sp³-hybridized carbons (Fsp3) is 1.00. The van der Waals surface area contributed by atoms with Gasteiger partial charge in [-0.05, 0) is 24.2 Å². The van der Waals surface area contributed by atoms with E-state index in [1.165, 1.54) is 0 Å². The molecule has 0 saturated heterocycles. The number of rotatable bonds is 5. The van der Waals surface area contributed by atoms with Crippen LogP contribution in [0.3, 0.4) is 0 Å². The Labute approximate surface area is 89.0 Å². The first-order valence-electron chi connectivity index (χ1n) is 5.24. The minimum absolute atomic E-state index is 0.0938. The zero-order valence-electron chi connectivity index (χ0n) is 8.71. The predicted molar refractivity (Wildman–Crippen MR) is 52.9 cm³/mol. The van der Waals surface area contributed by atoms with Crippen molar-refractivity contribution < 1.29 is 25.5 Å². The molecule has 5 nitrogen and oxygen atoms in total. The van der Waals surface area contributed by atoms with Crippen molar-refractivity contribution in [2.24, 2.45) is 23.2 Å². The van der Waals surface area contributed by atoms with E-state index in [4.69, 9.17) is 5.11 Å². The predicted octanol–water partition coefficient (Wildman–Crippen LogP) is -1.81. The lowest BCUT2D eigenvalue weighted by Gasteiger charge is -2.36. The summed E-state index contributed by atoms with van der Waals surface area (Å²) in [6.45, 7) is -0.993. The van der Waals surface area contributed by atoms with E-state index >= 15 is 0 Å². The molecule has 0 radical (unpaired) electrons. The first-order valence-corrected chi connectivity index (χ1v) is 5.24. The van der Waals surface area contributed by atoms with E-state index in [-0.39, 0.29) is 50.8 Å². The van der Waals surface area contributed by atoms with E-state index in [9.17, 15) is 20.4 Å².